The third kappa shape index (κ3) is 5.38. The van der Waals surface area contributed by atoms with Gasteiger partial charge in [-0.25, -0.2) is 0 Å². The first-order chi connectivity index (χ1) is 9.75. The van der Waals surface area contributed by atoms with Gasteiger partial charge in [-0.05, 0) is 45.2 Å². The Balaban J connectivity index is 1.56. The van der Waals surface area contributed by atoms with E-state index in [9.17, 15) is 4.79 Å². The predicted octanol–water partition coefficient (Wildman–Crippen LogP) is 0.603. The largest absolute Gasteiger partial charge is 0.379 e. The molecule has 2 N–H and O–H groups in total. The van der Waals surface area contributed by atoms with Crippen molar-refractivity contribution in [3.63, 3.8) is 0 Å². The smallest absolute Gasteiger partial charge is 0.220 e. The number of hydrogen-bond donors (Lipinski definition) is 2. The number of carbonyl (C=O) groups excluding carboxylic acids is 1. The van der Waals surface area contributed by atoms with Gasteiger partial charge in [-0.15, -0.1) is 0 Å². The molecule has 2 saturated heterocycles. The zero-order valence-corrected chi connectivity index (χ0v) is 12.7. The van der Waals surface area contributed by atoms with Crippen molar-refractivity contribution in [3.8, 4) is 0 Å². The number of nitrogens with zero attached hydrogens (tertiary/aromatic N) is 1. The molecule has 2 rings (SSSR count). The number of hydrogen-bond acceptors (Lipinski definition) is 4. The van der Waals surface area contributed by atoms with Gasteiger partial charge in [0.15, 0.2) is 0 Å². The highest BCUT2D eigenvalue weighted by Crippen LogP contribution is 2.17. The van der Waals surface area contributed by atoms with Crippen molar-refractivity contribution < 1.29 is 9.53 Å². The molecule has 1 atom stereocenters. The van der Waals surface area contributed by atoms with Crippen LogP contribution >= 0.6 is 0 Å². The third-order valence-corrected chi connectivity index (χ3v) is 4.50. The van der Waals surface area contributed by atoms with Gasteiger partial charge in [0.05, 0.1) is 13.2 Å². The van der Waals surface area contributed by atoms with Crippen LogP contribution in [0.2, 0.25) is 0 Å². The molecule has 5 nitrogen and oxygen atoms in total. The minimum absolute atomic E-state index is 0.212. The minimum atomic E-state index is 0.212. The average molecular weight is 283 g/mol. The normalized spacial score (nSPS) is 23.4. The van der Waals surface area contributed by atoms with Gasteiger partial charge >= 0.3 is 0 Å². The maximum absolute atomic E-state index is 11.9. The lowest BCUT2D eigenvalue weighted by Gasteiger charge is -2.32. The first-order valence-corrected chi connectivity index (χ1v) is 8.05. The molecule has 0 saturated carbocycles. The van der Waals surface area contributed by atoms with Crippen LogP contribution in [-0.2, 0) is 9.53 Å². The maximum atomic E-state index is 11.9. The van der Waals surface area contributed by atoms with Gasteiger partial charge in [-0.3, -0.25) is 9.69 Å². The molecule has 2 aliphatic heterocycles. The molecule has 0 aromatic carbocycles. The van der Waals surface area contributed by atoms with E-state index in [2.05, 4.69) is 22.5 Å². The first-order valence-electron chi connectivity index (χ1n) is 8.05. The van der Waals surface area contributed by atoms with E-state index in [0.29, 0.717) is 12.5 Å². The van der Waals surface area contributed by atoms with Gasteiger partial charge in [-0.2, -0.15) is 0 Å². The Bertz CT molecular complexity index is 287. The summed E-state index contributed by atoms with van der Waals surface area (Å²) in [6.45, 7) is 8.74. The SMILES string of the molecule is CC(CNC(=O)CCC1CCNCC1)N1CCOCC1. The summed E-state index contributed by atoms with van der Waals surface area (Å²) in [5, 5.41) is 6.44. The molecule has 0 aliphatic carbocycles. The maximum Gasteiger partial charge on any atom is 0.220 e. The Labute approximate surface area is 122 Å². The van der Waals surface area contributed by atoms with Crippen LogP contribution in [0.25, 0.3) is 0 Å². The number of carbonyl (C=O) groups is 1. The van der Waals surface area contributed by atoms with Crippen LogP contribution in [0.5, 0.6) is 0 Å². The van der Waals surface area contributed by atoms with Crippen LogP contribution in [-0.4, -0.2) is 62.8 Å². The summed E-state index contributed by atoms with van der Waals surface area (Å²) in [7, 11) is 0. The fraction of sp³-hybridized carbons (Fsp3) is 0.933. The molecule has 2 aliphatic rings. The molecule has 0 aromatic rings. The summed E-state index contributed by atoms with van der Waals surface area (Å²) in [4.78, 5) is 14.3. The second-order valence-corrected chi connectivity index (χ2v) is 6.03. The van der Waals surface area contributed by atoms with Crippen molar-refractivity contribution in [2.45, 2.75) is 38.6 Å². The highest BCUT2D eigenvalue weighted by atomic mass is 16.5. The fourth-order valence-electron chi connectivity index (χ4n) is 3.00. The number of ether oxygens (including phenoxy) is 1. The Morgan fingerprint density at radius 2 is 2.05 bits per heavy atom. The summed E-state index contributed by atoms with van der Waals surface area (Å²) in [5.41, 5.74) is 0. The summed E-state index contributed by atoms with van der Waals surface area (Å²) in [5.74, 6) is 0.947. The van der Waals surface area contributed by atoms with Crippen LogP contribution in [0.15, 0.2) is 0 Å². The summed E-state index contributed by atoms with van der Waals surface area (Å²) < 4.78 is 5.35. The molecular formula is C15H29N3O2. The van der Waals surface area contributed by atoms with E-state index in [0.717, 1.165) is 58.3 Å². The van der Waals surface area contributed by atoms with Gasteiger partial charge in [0, 0.05) is 32.1 Å². The van der Waals surface area contributed by atoms with Crippen LogP contribution in [0.3, 0.4) is 0 Å². The van der Waals surface area contributed by atoms with Crippen molar-refractivity contribution in [3.05, 3.63) is 0 Å². The monoisotopic (exact) mass is 283 g/mol. The Hall–Kier alpha value is -0.650. The number of rotatable bonds is 6. The van der Waals surface area contributed by atoms with Gasteiger partial charge < -0.3 is 15.4 Å². The molecule has 2 fully saturated rings. The van der Waals surface area contributed by atoms with Crippen LogP contribution in [0.1, 0.15) is 32.6 Å². The van der Waals surface area contributed by atoms with Crippen LogP contribution < -0.4 is 10.6 Å². The van der Waals surface area contributed by atoms with Gasteiger partial charge in [-0.1, -0.05) is 0 Å². The third-order valence-electron chi connectivity index (χ3n) is 4.50. The van der Waals surface area contributed by atoms with Gasteiger partial charge in [0.25, 0.3) is 0 Å². The summed E-state index contributed by atoms with van der Waals surface area (Å²) >= 11 is 0. The van der Waals surface area contributed by atoms with Gasteiger partial charge in [0.2, 0.25) is 5.91 Å². The average Bonchev–Trinajstić information content (AvgIpc) is 2.52. The van der Waals surface area contributed by atoms with Gasteiger partial charge in [0.1, 0.15) is 0 Å². The molecule has 2 heterocycles. The minimum Gasteiger partial charge on any atom is -0.379 e. The second kappa shape index (κ2) is 8.60. The van der Waals surface area contributed by atoms with E-state index in [1.54, 1.807) is 0 Å². The van der Waals surface area contributed by atoms with E-state index in [4.69, 9.17) is 4.74 Å². The molecule has 20 heavy (non-hydrogen) atoms. The predicted molar refractivity (Wildman–Crippen MR) is 79.7 cm³/mol. The van der Waals surface area contributed by atoms with Crippen molar-refractivity contribution >= 4 is 5.91 Å². The highest BCUT2D eigenvalue weighted by Gasteiger charge is 2.18. The second-order valence-electron chi connectivity index (χ2n) is 6.03. The standard InChI is InChI=1S/C15H29N3O2/c1-13(18-8-10-20-11-9-18)12-17-15(19)3-2-14-4-6-16-7-5-14/h13-14,16H,2-12H2,1H3,(H,17,19). The zero-order valence-electron chi connectivity index (χ0n) is 12.7. The number of morpholine rings is 1. The van der Waals surface area contributed by atoms with Crippen molar-refractivity contribution in [1.82, 2.24) is 15.5 Å². The Kier molecular flexibility index (Phi) is 6.76. The van der Waals surface area contributed by atoms with E-state index < -0.39 is 0 Å². The molecule has 1 amide bonds. The van der Waals surface area contributed by atoms with E-state index in [1.807, 2.05) is 0 Å². The molecule has 5 heteroatoms. The quantitative estimate of drug-likeness (QED) is 0.750. The van der Waals surface area contributed by atoms with Crippen molar-refractivity contribution in [2.75, 3.05) is 45.9 Å². The van der Waals surface area contributed by atoms with Crippen molar-refractivity contribution in [2.24, 2.45) is 5.92 Å². The molecule has 0 aromatic heterocycles. The molecule has 116 valence electrons. The Morgan fingerprint density at radius 3 is 2.75 bits per heavy atom. The van der Waals surface area contributed by atoms with E-state index in [1.165, 1.54) is 12.8 Å². The number of piperidine rings is 1. The lowest BCUT2D eigenvalue weighted by molar-refractivity contribution is -0.121. The first kappa shape index (κ1) is 15.7. The molecule has 1 unspecified atom stereocenters. The zero-order chi connectivity index (χ0) is 14.2. The molecule has 0 bridgehead atoms. The van der Waals surface area contributed by atoms with Crippen LogP contribution in [0.4, 0.5) is 0 Å². The highest BCUT2D eigenvalue weighted by molar-refractivity contribution is 5.75. The topological polar surface area (TPSA) is 53.6 Å². The van der Waals surface area contributed by atoms with Crippen LogP contribution in [0, 0.1) is 5.92 Å². The summed E-state index contributed by atoms with van der Waals surface area (Å²) in [6, 6.07) is 0.404. The molecule has 0 radical (unpaired) electrons. The summed E-state index contributed by atoms with van der Waals surface area (Å²) in [6.07, 6.45) is 4.16. The molecular weight excluding hydrogens is 254 g/mol. The molecule has 0 spiro atoms. The van der Waals surface area contributed by atoms with E-state index >= 15 is 0 Å². The lowest BCUT2D eigenvalue weighted by atomic mass is 9.93. The number of nitrogens with one attached hydrogen (secondary N) is 2. The number of amides is 1. The lowest BCUT2D eigenvalue weighted by Crippen LogP contribution is -2.47. The van der Waals surface area contributed by atoms with Crippen molar-refractivity contribution in [1.29, 1.82) is 0 Å². The Morgan fingerprint density at radius 1 is 1.35 bits per heavy atom. The van der Waals surface area contributed by atoms with E-state index in [-0.39, 0.29) is 5.91 Å². The fourth-order valence-corrected chi connectivity index (χ4v) is 3.00.